The normalized spacial score (nSPS) is 15.8. The van der Waals surface area contributed by atoms with E-state index in [9.17, 15) is 4.79 Å². The molecule has 0 aliphatic heterocycles. The van der Waals surface area contributed by atoms with E-state index in [-0.39, 0.29) is 11.3 Å². The molecule has 1 aliphatic carbocycles. The second kappa shape index (κ2) is 10.5. The van der Waals surface area contributed by atoms with E-state index in [1.165, 1.54) is 4.88 Å². The lowest BCUT2D eigenvalue weighted by Crippen LogP contribution is -2.28. The zero-order chi connectivity index (χ0) is 25.2. The first-order valence-corrected chi connectivity index (χ1v) is 12.8. The highest BCUT2D eigenvalue weighted by molar-refractivity contribution is 7.16. The van der Waals surface area contributed by atoms with Gasteiger partial charge in [-0.2, -0.15) is 0 Å². The van der Waals surface area contributed by atoms with Gasteiger partial charge in [-0.1, -0.05) is 32.4 Å². The summed E-state index contributed by atoms with van der Waals surface area (Å²) in [6.45, 7) is 7.18. The van der Waals surface area contributed by atoms with E-state index in [2.05, 4.69) is 26.1 Å². The second-order valence-electron chi connectivity index (χ2n) is 9.75. The molecule has 0 saturated carbocycles. The number of carbonyl (C=O) groups excluding carboxylic acids is 1. The van der Waals surface area contributed by atoms with Crippen LogP contribution in [-0.2, 0) is 19.4 Å². The Morgan fingerprint density at radius 2 is 2.11 bits per heavy atom. The van der Waals surface area contributed by atoms with Crippen molar-refractivity contribution in [2.24, 2.45) is 16.3 Å². The summed E-state index contributed by atoms with van der Waals surface area (Å²) in [5.74, 6) is 2.14. The minimum atomic E-state index is -0.134. The van der Waals surface area contributed by atoms with Crippen molar-refractivity contribution in [1.82, 2.24) is 5.32 Å². The molecule has 0 spiro atoms. The molecular weight excluding hydrogens is 484 g/mol. The van der Waals surface area contributed by atoms with Gasteiger partial charge in [-0.25, -0.2) is 4.99 Å². The molecule has 2 heterocycles. The average molecular weight is 515 g/mol. The van der Waals surface area contributed by atoms with Crippen molar-refractivity contribution in [2.75, 3.05) is 14.2 Å². The van der Waals surface area contributed by atoms with E-state index in [4.69, 9.17) is 30.5 Å². The lowest BCUT2D eigenvalue weighted by molar-refractivity contribution is 0.0947. The third-order valence-electron chi connectivity index (χ3n) is 6.49. The summed E-state index contributed by atoms with van der Waals surface area (Å²) >= 11 is 7.97. The SMILES string of the molecule is COc1cc(C=Nc2sc3c(c2C(=O)NCc2ccco2)CC[C@@H](C(C)(C)C)C3)cc(Cl)c1OC. The Hall–Kier alpha value is -2.77. The third-order valence-corrected chi connectivity index (χ3v) is 7.93. The Bertz CT molecular complexity index is 1230. The molecule has 0 saturated heterocycles. The third kappa shape index (κ3) is 5.57. The fourth-order valence-electron chi connectivity index (χ4n) is 4.45. The topological polar surface area (TPSA) is 73.1 Å². The van der Waals surface area contributed by atoms with Crippen LogP contribution in [0.15, 0.2) is 39.9 Å². The maximum atomic E-state index is 13.3. The Kier molecular flexibility index (Phi) is 7.57. The quantitative estimate of drug-likeness (QED) is 0.350. The Balaban J connectivity index is 1.68. The lowest BCUT2D eigenvalue weighted by atomic mass is 9.72. The van der Waals surface area contributed by atoms with Crippen LogP contribution in [0, 0.1) is 11.3 Å². The summed E-state index contributed by atoms with van der Waals surface area (Å²) in [4.78, 5) is 19.4. The van der Waals surface area contributed by atoms with Crippen LogP contribution in [0.4, 0.5) is 5.00 Å². The van der Waals surface area contributed by atoms with Crippen molar-refractivity contribution in [1.29, 1.82) is 0 Å². The zero-order valence-corrected chi connectivity index (χ0v) is 22.3. The van der Waals surface area contributed by atoms with E-state index >= 15 is 0 Å². The van der Waals surface area contributed by atoms with Gasteiger partial charge in [0.2, 0.25) is 0 Å². The van der Waals surface area contributed by atoms with Crippen molar-refractivity contribution in [3.05, 3.63) is 62.9 Å². The minimum Gasteiger partial charge on any atom is -0.493 e. The molecule has 0 radical (unpaired) electrons. The monoisotopic (exact) mass is 514 g/mol. The highest BCUT2D eigenvalue weighted by atomic mass is 35.5. The molecule has 35 heavy (non-hydrogen) atoms. The average Bonchev–Trinajstić information content (AvgIpc) is 3.47. The Morgan fingerprint density at radius 1 is 1.31 bits per heavy atom. The molecule has 3 aromatic rings. The van der Waals surface area contributed by atoms with Crippen molar-refractivity contribution in [2.45, 2.75) is 46.6 Å². The molecule has 1 aliphatic rings. The molecule has 4 rings (SSSR count). The van der Waals surface area contributed by atoms with E-state index in [1.807, 2.05) is 18.2 Å². The molecule has 186 valence electrons. The predicted octanol–water partition coefficient (Wildman–Crippen LogP) is 6.84. The second-order valence-corrected chi connectivity index (χ2v) is 11.2. The van der Waals surface area contributed by atoms with Gasteiger partial charge in [0.05, 0.1) is 37.6 Å². The summed E-state index contributed by atoms with van der Waals surface area (Å²) in [7, 11) is 3.11. The van der Waals surface area contributed by atoms with Crippen LogP contribution >= 0.6 is 22.9 Å². The maximum Gasteiger partial charge on any atom is 0.255 e. The van der Waals surface area contributed by atoms with Crippen LogP contribution in [0.5, 0.6) is 11.5 Å². The van der Waals surface area contributed by atoms with E-state index in [0.29, 0.717) is 45.3 Å². The number of nitrogens with zero attached hydrogens (tertiary/aromatic N) is 1. The van der Waals surface area contributed by atoms with Crippen LogP contribution in [0.25, 0.3) is 0 Å². The zero-order valence-electron chi connectivity index (χ0n) is 20.7. The van der Waals surface area contributed by atoms with E-state index in [0.717, 1.165) is 30.4 Å². The van der Waals surface area contributed by atoms with Crippen molar-refractivity contribution in [3.8, 4) is 11.5 Å². The number of methoxy groups -OCH3 is 2. The molecular formula is C27H31ClN2O4S. The number of nitrogens with one attached hydrogen (secondary N) is 1. The fourth-order valence-corrected chi connectivity index (χ4v) is 6.02. The summed E-state index contributed by atoms with van der Waals surface area (Å²) in [6.07, 6.45) is 6.20. The molecule has 1 atom stereocenters. The molecule has 0 bridgehead atoms. The molecule has 0 unspecified atom stereocenters. The van der Waals surface area contributed by atoms with Gasteiger partial charge in [0.25, 0.3) is 5.91 Å². The number of furan rings is 1. The van der Waals surface area contributed by atoms with E-state index < -0.39 is 0 Å². The maximum absolute atomic E-state index is 13.3. The molecule has 2 aromatic heterocycles. The number of aliphatic imine (C=N–C) groups is 1. The van der Waals surface area contributed by atoms with Gasteiger partial charge < -0.3 is 19.2 Å². The number of carbonyl (C=O) groups is 1. The van der Waals surface area contributed by atoms with Gasteiger partial charge in [0, 0.05) is 11.1 Å². The first-order valence-electron chi connectivity index (χ1n) is 11.6. The molecule has 1 N–H and O–H groups in total. The molecule has 1 amide bonds. The number of hydrogen-bond acceptors (Lipinski definition) is 6. The standard InChI is InChI=1S/C27H31ClN2O4S/c1-27(2,3)17-8-9-19-22(13-17)35-26(23(19)25(31)29-15-18-7-6-10-34-18)30-14-16-11-20(28)24(33-5)21(12-16)32-4/h6-7,10-12,14,17H,8-9,13,15H2,1-5H3,(H,29,31)/t17-/m1/s1. The number of thiophene rings is 1. The number of fused-ring (bicyclic) bond motifs is 1. The first-order chi connectivity index (χ1) is 16.7. The van der Waals surface area contributed by atoms with E-state index in [1.54, 1.807) is 44.1 Å². The van der Waals surface area contributed by atoms with Crippen molar-refractivity contribution >= 4 is 40.1 Å². The fraction of sp³-hybridized carbons (Fsp3) is 0.407. The minimum absolute atomic E-state index is 0.134. The number of benzene rings is 1. The van der Waals surface area contributed by atoms with Crippen LogP contribution in [0.2, 0.25) is 5.02 Å². The Morgan fingerprint density at radius 3 is 2.77 bits per heavy atom. The van der Waals surface area contributed by atoms with Gasteiger partial charge >= 0.3 is 0 Å². The van der Waals surface area contributed by atoms with Crippen LogP contribution in [0.3, 0.4) is 0 Å². The summed E-state index contributed by atoms with van der Waals surface area (Å²) < 4.78 is 16.1. The summed E-state index contributed by atoms with van der Waals surface area (Å²) in [5.41, 5.74) is 2.74. The van der Waals surface area contributed by atoms with Gasteiger partial charge in [-0.15, -0.1) is 11.3 Å². The summed E-state index contributed by atoms with van der Waals surface area (Å²) in [6, 6.07) is 7.24. The number of hydrogen-bond donors (Lipinski definition) is 1. The number of halogens is 1. The largest absolute Gasteiger partial charge is 0.493 e. The van der Waals surface area contributed by atoms with Gasteiger partial charge in [-0.3, -0.25) is 4.79 Å². The predicted molar refractivity (Wildman–Crippen MR) is 141 cm³/mol. The number of ether oxygens (including phenoxy) is 2. The van der Waals surface area contributed by atoms with Gasteiger partial charge in [-0.05, 0) is 66.0 Å². The highest BCUT2D eigenvalue weighted by Crippen LogP contribution is 2.45. The highest BCUT2D eigenvalue weighted by Gasteiger charge is 2.33. The lowest BCUT2D eigenvalue weighted by Gasteiger charge is -2.33. The van der Waals surface area contributed by atoms with Crippen LogP contribution < -0.4 is 14.8 Å². The van der Waals surface area contributed by atoms with Gasteiger partial charge in [0.15, 0.2) is 11.5 Å². The van der Waals surface area contributed by atoms with Crippen LogP contribution in [0.1, 0.15) is 59.3 Å². The Labute approximate surface area is 215 Å². The molecule has 8 heteroatoms. The van der Waals surface area contributed by atoms with Crippen molar-refractivity contribution in [3.63, 3.8) is 0 Å². The molecule has 6 nitrogen and oxygen atoms in total. The first kappa shape index (κ1) is 25.3. The van der Waals surface area contributed by atoms with Crippen molar-refractivity contribution < 1.29 is 18.7 Å². The number of amides is 1. The van der Waals surface area contributed by atoms with Crippen LogP contribution in [-0.4, -0.2) is 26.3 Å². The molecule has 0 fully saturated rings. The smallest absolute Gasteiger partial charge is 0.255 e. The summed E-state index contributed by atoms with van der Waals surface area (Å²) in [5, 5.41) is 4.14. The molecule has 1 aromatic carbocycles. The van der Waals surface area contributed by atoms with Gasteiger partial charge in [0.1, 0.15) is 10.8 Å². The number of rotatable bonds is 7.